The van der Waals surface area contributed by atoms with Crippen LogP contribution in [0.15, 0.2) is 60.7 Å². The van der Waals surface area contributed by atoms with Crippen molar-refractivity contribution in [3.8, 4) is 17.6 Å². The van der Waals surface area contributed by atoms with Gasteiger partial charge in [0.05, 0.1) is 25.7 Å². The summed E-state index contributed by atoms with van der Waals surface area (Å²) in [5.74, 6) is 6.80. The van der Waals surface area contributed by atoms with Gasteiger partial charge in [0.1, 0.15) is 17.8 Å². The van der Waals surface area contributed by atoms with Crippen LogP contribution in [0, 0.1) is 18.8 Å². The van der Waals surface area contributed by atoms with Crippen LogP contribution in [0.2, 0.25) is 0 Å². The van der Waals surface area contributed by atoms with Crippen LogP contribution in [0.1, 0.15) is 29.3 Å². The minimum atomic E-state index is -3.70. The van der Waals surface area contributed by atoms with E-state index in [0.717, 1.165) is 17.4 Å². The Labute approximate surface area is 200 Å². The molecule has 3 aromatic rings. The highest BCUT2D eigenvalue weighted by Crippen LogP contribution is 2.44. The van der Waals surface area contributed by atoms with Gasteiger partial charge in [-0.2, -0.15) is 8.42 Å². The lowest BCUT2D eigenvalue weighted by molar-refractivity contribution is 0.307. The van der Waals surface area contributed by atoms with Crippen LogP contribution in [0.4, 0.5) is 0 Å². The van der Waals surface area contributed by atoms with E-state index in [1.807, 2.05) is 31.2 Å². The summed E-state index contributed by atoms with van der Waals surface area (Å²) >= 11 is 0. The molecular weight excluding hydrogens is 473 g/mol. The smallest absolute Gasteiger partial charge is 0.279 e. The summed E-state index contributed by atoms with van der Waals surface area (Å²) in [5.41, 5.74) is 2.71. The fourth-order valence-corrected chi connectivity index (χ4v) is 5.41. The normalized spacial score (nSPS) is 12.9. The van der Waals surface area contributed by atoms with E-state index in [1.54, 1.807) is 50.4 Å². The number of pyridine rings is 1. The van der Waals surface area contributed by atoms with Gasteiger partial charge in [-0.15, -0.1) is 0 Å². The van der Waals surface area contributed by atoms with E-state index < -0.39 is 17.5 Å². The van der Waals surface area contributed by atoms with E-state index >= 15 is 0 Å². The number of aryl methyl sites for hydroxylation is 1. The highest BCUT2D eigenvalue weighted by Gasteiger charge is 2.31. The van der Waals surface area contributed by atoms with Crippen LogP contribution in [-0.2, 0) is 30.0 Å². The zero-order valence-electron chi connectivity index (χ0n) is 19.4. The van der Waals surface area contributed by atoms with Gasteiger partial charge in [-0.05, 0) is 62.4 Å². The van der Waals surface area contributed by atoms with Crippen molar-refractivity contribution in [2.75, 3.05) is 20.0 Å². The molecule has 0 aliphatic rings. The Balaban J connectivity index is 2.10. The molecule has 1 heterocycles. The topological polar surface area (TPSA) is 91.8 Å². The summed E-state index contributed by atoms with van der Waals surface area (Å²) < 4.78 is 53.0. The van der Waals surface area contributed by atoms with Gasteiger partial charge in [0.2, 0.25) is 0 Å². The fraction of sp³-hybridized carbons (Fsp3) is 0.240. The predicted molar refractivity (Wildman–Crippen MR) is 133 cm³/mol. The SMILES string of the molecule is CCOP(=O)(c1ccc(C)cc1)c1cc(C#Cc2ccc(OC)cc2)cc(COS(C)(=O)=O)n1. The second-order valence-electron chi connectivity index (χ2n) is 7.45. The molecule has 3 rings (SSSR count). The molecule has 0 saturated heterocycles. The molecule has 34 heavy (non-hydrogen) atoms. The van der Waals surface area contributed by atoms with Crippen LogP contribution < -0.4 is 15.5 Å². The van der Waals surface area contributed by atoms with Crippen molar-refractivity contribution in [2.24, 2.45) is 0 Å². The Morgan fingerprint density at radius 2 is 1.62 bits per heavy atom. The molecule has 1 unspecified atom stereocenters. The van der Waals surface area contributed by atoms with Gasteiger partial charge >= 0.3 is 0 Å². The first-order valence-corrected chi connectivity index (χ1v) is 13.9. The van der Waals surface area contributed by atoms with E-state index in [-0.39, 0.29) is 24.3 Å². The Kier molecular flexibility index (Phi) is 8.29. The molecule has 7 nitrogen and oxygen atoms in total. The summed E-state index contributed by atoms with van der Waals surface area (Å²) in [7, 11) is -5.68. The third-order valence-electron chi connectivity index (χ3n) is 4.71. The molecule has 2 aromatic carbocycles. The van der Waals surface area contributed by atoms with E-state index in [2.05, 4.69) is 16.8 Å². The number of benzene rings is 2. The van der Waals surface area contributed by atoms with Crippen LogP contribution >= 0.6 is 7.37 Å². The third kappa shape index (κ3) is 6.78. The van der Waals surface area contributed by atoms with Crippen molar-refractivity contribution < 1.29 is 26.4 Å². The standard InChI is InChI=1S/C25H26NO6PS/c1-5-31-33(27,24-14-6-19(2)7-15-24)25-17-21(16-22(26-25)18-32-34(4,28)29)9-8-20-10-12-23(30-3)13-11-20/h6-7,10-17H,5,18H2,1-4H3. The van der Waals surface area contributed by atoms with Crippen molar-refractivity contribution >= 4 is 28.2 Å². The Hall–Kier alpha value is -2.95. The largest absolute Gasteiger partial charge is 0.497 e. The summed E-state index contributed by atoms with van der Waals surface area (Å²) in [6.45, 7) is 3.57. The minimum Gasteiger partial charge on any atom is -0.497 e. The molecule has 1 atom stereocenters. The summed E-state index contributed by atoms with van der Waals surface area (Å²) in [6.07, 6.45) is 0.957. The van der Waals surface area contributed by atoms with Gasteiger partial charge in [-0.25, -0.2) is 4.98 Å². The second-order valence-corrected chi connectivity index (χ2v) is 11.4. The number of rotatable bonds is 8. The predicted octanol–water partition coefficient (Wildman–Crippen LogP) is 3.54. The summed E-state index contributed by atoms with van der Waals surface area (Å²) in [5, 5.41) is 0.489. The molecule has 0 fully saturated rings. The zero-order chi connectivity index (χ0) is 24.8. The highest BCUT2D eigenvalue weighted by atomic mass is 32.2. The van der Waals surface area contributed by atoms with E-state index in [1.165, 1.54) is 0 Å². The first-order valence-electron chi connectivity index (χ1n) is 10.5. The number of nitrogens with zero attached hydrogens (tertiary/aromatic N) is 1. The number of hydrogen-bond acceptors (Lipinski definition) is 7. The Morgan fingerprint density at radius 3 is 2.21 bits per heavy atom. The van der Waals surface area contributed by atoms with E-state index in [9.17, 15) is 13.0 Å². The maximum Gasteiger partial charge on any atom is 0.279 e. The average molecular weight is 500 g/mol. The first-order chi connectivity index (χ1) is 16.1. The fourth-order valence-electron chi connectivity index (χ4n) is 3.05. The number of hydrogen-bond donors (Lipinski definition) is 0. The lowest BCUT2D eigenvalue weighted by Crippen LogP contribution is -2.23. The second kappa shape index (κ2) is 11.0. The maximum atomic E-state index is 14.1. The lowest BCUT2D eigenvalue weighted by Gasteiger charge is -2.19. The molecular formula is C25H26NO6PS. The van der Waals surface area contributed by atoms with Gasteiger partial charge < -0.3 is 9.26 Å². The monoisotopic (exact) mass is 499 g/mol. The Morgan fingerprint density at radius 1 is 0.971 bits per heavy atom. The van der Waals surface area contributed by atoms with Crippen molar-refractivity contribution in [1.29, 1.82) is 0 Å². The number of aromatic nitrogens is 1. The summed E-state index contributed by atoms with van der Waals surface area (Å²) in [4.78, 5) is 4.44. The zero-order valence-corrected chi connectivity index (χ0v) is 21.2. The number of ether oxygens (including phenoxy) is 1. The van der Waals surface area contributed by atoms with Crippen LogP contribution in [0.5, 0.6) is 5.75 Å². The molecule has 178 valence electrons. The molecule has 1 aromatic heterocycles. The third-order valence-corrected chi connectivity index (χ3v) is 7.69. The minimum absolute atomic E-state index is 0.173. The molecule has 0 bridgehead atoms. The Bertz CT molecular complexity index is 1360. The quantitative estimate of drug-likeness (QED) is 0.266. The maximum absolute atomic E-state index is 14.1. The van der Waals surface area contributed by atoms with Crippen molar-refractivity contribution in [3.63, 3.8) is 0 Å². The number of methoxy groups -OCH3 is 1. The van der Waals surface area contributed by atoms with Gasteiger partial charge in [-0.3, -0.25) is 8.75 Å². The lowest BCUT2D eigenvalue weighted by atomic mass is 10.2. The molecule has 0 N–H and O–H groups in total. The highest BCUT2D eigenvalue weighted by molar-refractivity contribution is 7.85. The molecule has 0 radical (unpaired) electrons. The molecule has 0 spiro atoms. The van der Waals surface area contributed by atoms with Crippen LogP contribution in [0.25, 0.3) is 0 Å². The molecule has 0 amide bonds. The molecule has 9 heteroatoms. The van der Waals surface area contributed by atoms with Gasteiger partial charge in [-0.1, -0.05) is 29.5 Å². The summed E-state index contributed by atoms with van der Waals surface area (Å²) in [6, 6.07) is 17.6. The van der Waals surface area contributed by atoms with E-state index in [0.29, 0.717) is 16.6 Å². The van der Waals surface area contributed by atoms with E-state index in [4.69, 9.17) is 13.4 Å². The molecule has 0 saturated carbocycles. The molecule has 0 aliphatic carbocycles. The van der Waals surface area contributed by atoms with Gasteiger partial charge in [0, 0.05) is 16.4 Å². The van der Waals surface area contributed by atoms with Crippen molar-refractivity contribution in [2.45, 2.75) is 20.5 Å². The first kappa shape index (κ1) is 25.7. The van der Waals surface area contributed by atoms with Crippen molar-refractivity contribution in [1.82, 2.24) is 4.98 Å². The average Bonchev–Trinajstić information content (AvgIpc) is 2.81. The van der Waals surface area contributed by atoms with Crippen LogP contribution in [-0.4, -0.2) is 33.4 Å². The van der Waals surface area contributed by atoms with Crippen LogP contribution in [0.3, 0.4) is 0 Å². The van der Waals surface area contributed by atoms with Gasteiger partial charge in [0.15, 0.2) is 0 Å². The molecule has 0 aliphatic heterocycles. The van der Waals surface area contributed by atoms with Gasteiger partial charge in [0.25, 0.3) is 17.5 Å². The van der Waals surface area contributed by atoms with Crippen molar-refractivity contribution in [3.05, 3.63) is 83.0 Å².